The quantitative estimate of drug-likeness (QED) is 0.644. The SMILES string of the molecule is C=C(C)C(=O)NCCC(C)(C)C. The van der Waals surface area contributed by atoms with E-state index in [1.165, 1.54) is 0 Å². The van der Waals surface area contributed by atoms with Crippen molar-refractivity contribution in [3.63, 3.8) is 0 Å². The summed E-state index contributed by atoms with van der Waals surface area (Å²) in [6.07, 6.45) is 0.992. The minimum Gasteiger partial charge on any atom is -0.352 e. The summed E-state index contributed by atoms with van der Waals surface area (Å²) in [5, 5.41) is 2.80. The van der Waals surface area contributed by atoms with E-state index in [1.807, 2.05) is 0 Å². The van der Waals surface area contributed by atoms with E-state index in [2.05, 4.69) is 32.7 Å². The van der Waals surface area contributed by atoms with Crippen LogP contribution in [0.2, 0.25) is 0 Å². The summed E-state index contributed by atoms with van der Waals surface area (Å²) < 4.78 is 0. The Labute approximate surface area is 75.0 Å². The molecule has 2 nitrogen and oxygen atoms in total. The summed E-state index contributed by atoms with van der Waals surface area (Å²) in [6, 6.07) is 0. The molecule has 0 fully saturated rings. The van der Waals surface area contributed by atoms with Crippen molar-refractivity contribution < 1.29 is 4.79 Å². The third-order valence-electron chi connectivity index (χ3n) is 1.55. The average Bonchev–Trinajstić information content (AvgIpc) is 1.84. The predicted molar refractivity (Wildman–Crippen MR) is 51.9 cm³/mol. The van der Waals surface area contributed by atoms with Gasteiger partial charge in [-0.1, -0.05) is 27.4 Å². The fourth-order valence-electron chi connectivity index (χ4n) is 0.702. The highest BCUT2D eigenvalue weighted by Gasteiger charge is 2.10. The Morgan fingerprint density at radius 3 is 2.25 bits per heavy atom. The molecule has 2 heteroatoms. The molecule has 0 aliphatic rings. The molecular formula is C10H19NO. The zero-order valence-electron chi connectivity index (χ0n) is 8.53. The number of nitrogens with one attached hydrogen (secondary N) is 1. The molecule has 0 bridgehead atoms. The Hall–Kier alpha value is -0.790. The maximum atomic E-state index is 11.0. The van der Waals surface area contributed by atoms with E-state index in [9.17, 15) is 4.79 Å². The van der Waals surface area contributed by atoms with Crippen molar-refractivity contribution in [1.29, 1.82) is 0 Å². The summed E-state index contributed by atoms with van der Waals surface area (Å²) >= 11 is 0. The normalized spacial score (nSPS) is 11.0. The zero-order chi connectivity index (χ0) is 9.78. The van der Waals surface area contributed by atoms with Crippen LogP contribution in [0.4, 0.5) is 0 Å². The number of carbonyl (C=O) groups excluding carboxylic acids is 1. The highest BCUT2D eigenvalue weighted by Crippen LogP contribution is 2.16. The smallest absolute Gasteiger partial charge is 0.246 e. The number of carbonyl (C=O) groups is 1. The van der Waals surface area contributed by atoms with Crippen LogP contribution < -0.4 is 5.32 Å². The highest BCUT2D eigenvalue weighted by atomic mass is 16.1. The maximum Gasteiger partial charge on any atom is 0.246 e. The summed E-state index contributed by atoms with van der Waals surface area (Å²) in [5.41, 5.74) is 0.853. The number of hydrogen-bond acceptors (Lipinski definition) is 1. The van der Waals surface area contributed by atoms with Crippen LogP contribution in [-0.2, 0) is 4.79 Å². The van der Waals surface area contributed by atoms with Gasteiger partial charge < -0.3 is 5.32 Å². The van der Waals surface area contributed by atoms with Crippen LogP contribution in [0.1, 0.15) is 34.1 Å². The molecule has 0 unspecified atom stereocenters. The van der Waals surface area contributed by atoms with Crippen LogP contribution in [0, 0.1) is 5.41 Å². The number of rotatable bonds is 3. The average molecular weight is 169 g/mol. The lowest BCUT2D eigenvalue weighted by atomic mass is 9.92. The number of amides is 1. The van der Waals surface area contributed by atoms with Gasteiger partial charge in [-0.25, -0.2) is 0 Å². The molecular weight excluding hydrogens is 150 g/mol. The minimum atomic E-state index is -0.0424. The lowest BCUT2D eigenvalue weighted by molar-refractivity contribution is -0.117. The van der Waals surface area contributed by atoms with Crippen molar-refractivity contribution in [2.24, 2.45) is 5.41 Å². The molecule has 1 amide bonds. The number of hydrogen-bond donors (Lipinski definition) is 1. The summed E-state index contributed by atoms with van der Waals surface area (Å²) in [7, 11) is 0. The van der Waals surface area contributed by atoms with Crippen molar-refractivity contribution in [2.45, 2.75) is 34.1 Å². The molecule has 0 rings (SSSR count). The van der Waals surface area contributed by atoms with Crippen molar-refractivity contribution in [1.82, 2.24) is 5.32 Å². The maximum absolute atomic E-state index is 11.0. The van der Waals surface area contributed by atoms with Crippen LogP contribution in [0.5, 0.6) is 0 Å². The molecule has 0 aliphatic heterocycles. The van der Waals surface area contributed by atoms with Crippen LogP contribution in [0.3, 0.4) is 0 Å². The second-order valence-electron chi connectivity index (χ2n) is 4.35. The van der Waals surface area contributed by atoms with Gasteiger partial charge in [0, 0.05) is 12.1 Å². The minimum absolute atomic E-state index is 0.0424. The first-order valence-corrected chi connectivity index (χ1v) is 4.26. The third-order valence-corrected chi connectivity index (χ3v) is 1.55. The van der Waals surface area contributed by atoms with Crippen LogP contribution in [0.15, 0.2) is 12.2 Å². The Morgan fingerprint density at radius 1 is 1.42 bits per heavy atom. The molecule has 1 N–H and O–H groups in total. The summed E-state index contributed by atoms with van der Waals surface area (Å²) in [5.74, 6) is -0.0424. The topological polar surface area (TPSA) is 29.1 Å². The molecule has 0 aromatic heterocycles. The van der Waals surface area contributed by atoms with E-state index in [-0.39, 0.29) is 11.3 Å². The van der Waals surface area contributed by atoms with Gasteiger partial charge in [0.1, 0.15) is 0 Å². The molecule has 12 heavy (non-hydrogen) atoms. The lowest BCUT2D eigenvalue weighted by Gasteiger charge is -2.17. The van der Waals surface area contributed by atoms with Gasteiger partial charge in [-0.05, 0) is 18.8 Å². The molecule has 0 spiro atoms. The van der Waals surface area contributed by atoms with Gasteiger partial charge in [-0.3, -0.25) is 4.79 Å². The Kier molecular flexibility index (Phi) is 4.01. The van der Waals surface area contributed by atoms with Crippen molar-refractivity contribution in [3.8, 4) is 0 Å². The van der Waals surface area contributed by atoms with E-state index in [0.717, 1.165) is 13.0 Å². The van der Waals surface area contributed by atoms with Gasteiger partial charge in [0.15, 0.2) is 0 Å². The Bertz CT molecular complexity index is 177. The third kappa shape index (κ3) is 5.96. The molecule has 0 radical (unpaired) electrons. The molecule has 0 saturated heterocycles. The fourth-order valence-corrected chi connectivity index (χ4v) is 0.702. The monoisotopic (exact) mass is 169 g/mol. The molecule has 0 heterocycles. The van der Waals surface area contributed by atoms with Crippen LogP contribution in [-0.4, -0.2) is 12.5 Å². The Balaban J connectivity index is 3.58. The molecule has 0 saturated carbocycles. The van der Waals surface area contributed by atoms with Gasteiger partial charge >= 0.3 is 0 Å². The highest BCUT2D eigenvalue weighted by molar-refractivity contribution is 5.91. The molecule has 0 atom stereocenters. The standard InChI is InChI=1S/C10H19NO/c1-8(2)9(12)11-7-6-10(3,4)5/h1,6-7H2,2-5H3,(H,11,12). The fraction of sp³-hybridized carbons (Fsp3) is 0.700. The van der Waals surface area contributed by atoms with Gasteiger partial charge in [-0.15, -0.1) is 0 Å². The van der Waals surface area contributed by atoms with Gasteiger partial charge in [0.05, 0.1) is 0 Å². The van der Waals surface area contributed by atoms with Crippen molar-refractivity contribution >= 4 is 5.91 Å². The Morgan fingerprint density at radius 2 is 1.92 bits per heavy atom. The summed E-state index contributed by atoms with van der Waals surface area (Å²) in [6.45, 7) is 12.5. The molecule has 0 aromatic carbocycles. The predicted octanol–water partition coefficient (Wildman–Crippen LogP) is 2.11. The zero-order valence-corrected chi connectivity index (χ0v) is 8.53. The largest absolute Gasteiger partial charge is 0.352 e. The van der Waals surface area contributed by atoms with Gasteiger partial charge in [-0.2, -0.15) is 0 Å². The second-order valence-corrected chi connectivity index (χ2v) is 4.35. The van der Waals surface area contributed by atoms with E-state index >= 15 is 0 Å². The van der Waals surface area contributed by atoms with E-state index in [4.69, 9.17) is 0 Å². The summed E-state index contributed by atoms with van der Waals surface area (Å²) in [4.78, 5) is 11.0. The molecule has 0 aliphatic carbocycles. The van der Waals surface area contributed by atoms with E-state index < -0.39 is 0 Å². The van der Waals surface area contributed by atoms with Crippen LogP contribution >= 0.6 is 0 Å². The molecule has 0 aromatic rings. The first kappa shape index (κ1) is 11.2. The van der Waals surface area contributed by atoms with Gasteiger partial charge in [0.2, 0.25) is 5.91 Å². The first-order chi connectivity index (χ1) is 5.33. The molecule has 70 valence electrons. The first-order valence-electron chi connectivity index (χ1n) is 4.26. The van der Waals surface area contributed by atoms with Crippen molar-refractivity contribution in [3.05, 3.63) is 12.2 Å². The van der Waals surface area contributed by atoms with Crippen LogP contribution in [0.25, 0.3) is 0 Å². The lowest BCUT2D eigenvalue weighted by Crippen LogP contribution is -2.27. The second kappa shape index (κ2) is 4.29. The van der Waals surface area contributed by atoms with Crippen molar-refractivity contribution in [2.75, 3.05) is 6.54 Å². The van der Waals surface area contributed by atoms with E-state index in [1.54, 1.807) is 6.92 Å². The van der Waals surface area contributed by atoms with Gasteiger partial charge in [0.25, 0.3) is 0 Å². The van der Waals surface area contributed by atoms with E-state index in [0.29, 0.717) is 5.57 Å².